The van der Waals surface area contributed by atoms with Crippen molar-refractivity contribution in [3.8, 4) is 23.6 Å². The number of carbonyl (C=O) groups is 4. The predicted octanol–water partition coefficient (Wildman–Crippen LogP) is 28.7. The number of aryl methyl sites for hydroxylation is 4. The standard InChI is InChI=1S/C62H48N6O4.C62H48N6O2S2/c2*1-43-14-26-49(27-15-43)67(51-30-18-45(42-63)19-31-51)52-32-20-46(21-33-52)59-57-58(62(70)65(59)38-40-71-55-10-6-4-7-11-55)60(66(61(57)69)39-41-72-56-12-8-5-9-13-56)47-22-34-53(35-23-47)68(50-28-16-44(2)17-29-50)54-36-24-48(64-3)25-37-54/h2*4-37H,38-41H2,1-2H3. The van der Waals surface area contributed by atoms with Gasteiger partial charge in [0.25, 0.3) is 23.6 Å². The third-order valence-electron chi connectivity index (χ3n) is 25.4. The SMILES string of the molecule is [C-]#[N+]c1ccc(N(c2ccc(C)cc2)c2ccc(C3=C4C(=O)N(CCOc5ccccc5)C(c5ccc(N(c6ccc(C)cc6)c6ccc(C#N)cc6)cc5)=C4C(=O)N3CCOc3ccccc3)cc2)cc1.[C-]#[N+]c1ccc(N(c2ccc(C)cc2)c2ccc(C3=C4C(=O)N(CCSc5ccccc5)C(c5ccc(N(c6ccc(C)cc6)c6ccc(C#N)cc6)cc5)=C4C(=O)N3CCSc3ccccc3)cc2)cc1. The van der Waals surface area contributed by atoms with E-state index in [4.69, 9.17) is 22.6 Å². The number of anilines is 12. The van der Waals surface area contributed by atoms with Crippen molar-refractivity contribution < 1.29 is 28.7 Å². The van der Waals surface area contributed by atoms with Crippen LogP contribution in [0.4, 0.5) is 79.6 Å². The summed E-state index contributed by atoms with van der Waals surface area (Å²) in [6.07, 6.45) is 0. The summed E-state index contributed by atoms with van der Waals surface area (Å²) in [5.74, 6) is 1.54. The molecule has 16 aromatic rings. The number of ether oxygens (including phenoxy) is 2. The van der Waals surface area contributed by atoms with Gasteiger partial charge < -0.3 is 48.7 Å². The Morgan fingerprint density at radius 3 is 0.688 bits per heavy atom. The van der Waals surface area contributed by atoms with Gasteiger partial charge >= 0.3 is 0 Å². The van der Waals surface area contributed by atoms with Crippen molar-refractivity contribution in [2.45, 2.75) is 37.5 Å². The number of hydrogen-bond acceptors (Lipinski definition) is 14. The Balaban J connectivity index is 0.000000182. The molecule has 18 nitrogen and oxygen atoms in total. The lowest BCUT2D eigenvalue weighted by atomic mass is 10.0. The van der Waals surface area contributed by atoms with E-state index in [1.807, 2.05) is 291 Å². The Bertz CT molecular complexity index is 6800. The number of amides is 4. The van der Waals surface area contributed by atoms with Gasteiger partial charge in [-0.05, 0) is 268 Å². The highest BCUT2D eigenvalue weighted by Crippen LogP contribution is 2.52. The summed E-state index contributed by atoms with van der Waals surface area (Å²) in [5.41, 5.74) is 24.0. The molecule has 20 rings (SSSR count). The maximum atomic E-state index is 15.4. The van der Waals surface area contributed by atoms with E-state index in [-0.39, 0.29) is 49.9 Å². The maximum Gasteiger partial charge on any atom is 0.261 e. The van der Waals surface area contributed by atoms with Crippen molar-refractivity contribution in [3.63, 3.8) is 0 Å². The number of carbonyl (C=O) groups excluding carboxylic acids is 4. The van der Waals surface area contributed by atoms with Crippen LogP contribution < -0.4 is 29.1 Å². The summed E-state index contributed by atoms with van der Waals surface area (Å²) in [6, 6.07) is 139. The molecule has 0 aromatic heterocycles. The zero-order valence-corrected chi connectivity index (χ0v) is 81.2. The third-order valence-corrected chi connectivity index (χ3v) is 27.4. The average Bonchev–Trinajstić information content (AvgIpc) is 1.56. The average molecular weight is 1910 g/mol. The fraction of sp³-hybridized carbons (Fsp3) is 0.0968. The summed E-state index contributed by atoms with van der Waals surface area (Å²) >= 11 is 3.35. The molecule has 0 fully saturated rings. The van der Waals surface area contributed by atoms with Gasteiger partial charge in [0.2, 0.25) is 0 Å². The van der Waals surface area contributed by atoms with Crippen LogP contribution in [0.2, 0.25) is 0 Å². The lowest BCUT2D eigenvalue weighted by molar-refractivity contribution is -0.124. The molecule has 4 amide bonds. The van der Waals surface area contributed by atoms with Gasteiger partial charge in [0.1, 0.15) is 24.7 Å². The van der Waals surface area contributed by atoms with Crippen LogP contribution in [0, 0.1) is 63.5 Å². The van der Waals surface area contributed by atoms with E-state index in [0.717, 1.165) is 111 Å². The maximum absolute atomic E-state index is 15.4. The summed E-state index contributed by atoms with van der Waals surface area (Å²) in [7, 11) is 0. The van der Waals surface area contributed by atoms with Crippen molar-refractivity contribution in [3.05, 3.63) is 513 Å². The van der Waals surface area contributed by atoms with Crippen molar-refractivity contribution in [2.75, 3.05) is 70.5 Å². The van der Waals surface area contributed by atoms with Gasteiger partial charge in [0.15, 0.2) is 11.4 Å². The summed E-state index contributed by atoms with van der Waals surface area (Å²) in [5, 5.41) is 19.2. The zero-order chi connectivity index (χ0) is 99.1. The minimum Gasteiger partial charge on any atom is -0.492 e. The molecule has 4 aliphatic rings. The molecule has 0 radical (unpaired) electrons. The Hall–Kier alpha value is -18.2. The Kier molecular flexibility index (Phi) is 28.6. The van der Waals surface area contributed by atoms with Crippen LogP contribution in [0.5, 0.6) is 11.5 Å². The van der Waals surface area contributed by atoms with Crippen LogP contribution >= 0.6 is 23.5 Å². The van der Waals surface area contributed by atoms with Gasteiger partial charge in [-0.2, -0.15) is 10.5 Å². The molecule has 0 N–H and O–H groups in total. The second-order valence-electron chi connectivity index (χ2n) is 34.8. The Morgan fingerprint density at radius 1 is 0.264 bits per heavy atom. The van der Waals surface area contributed by atoms with Gasteiger partial charge in [-0.15, -0.1) is 23.5 Å². The Labute approximate surface area is 847 Å². The van der Waals surface area contributed by atoms with Crippen LogP contribution in [0.15, 0.2) is 445 Å². The minimum absolute atomic E-state index is 0.174. The first kappa shape index (κ1) is 94.8. The van der Waals surface area contributed by atoms with Crippen molar-refractivity contribution in [1.29, 1.82) is 10.5 Å². The predicted molar refractivity (Wildman–Crippen MR) is 578 cm³/mol. The zero-order valence-electron chi connectivity index (χ0n) is 79.5. The molecule has 0 aliphatic carbocycles. The molecule has 4 aliphatic heterocycles. The second kappa shape index (κ2) is 43.5. The largest absolute Gasteiger partial charge is 0.492 e. The normalized spacial score (nSPS) is 13.0. The molecule has 0 bridgehead atoms. The number of nitrogens with zero attached hydrogens (tertiary/aromatic N) is 12. The quantitative estimate of drug-likeness (QED) is 0.0288. The number of para-hydroxylation sites is 2. The topological polar surface area (TPSA) is 169 Å². The highest BCUT2D eigenvalue weighted by Gasteiger charge is 2.51. The summed E-state index contributed by atoms with van der Waals surface area (Å²) < 4.78 is 12.4. The van der Waals surface area contributed by atoms with Crippen LogP contribution in [-0.2, 0) is 19.2 Å². The van der Waals surface area contributed by atoms with Gasteiger partial charge in [0.05, 0.1) is 94.6 Å². The molecule has 144 heavy (non-hydrogen) atoms. The summed E-state index contributed by atoms with van der Waals surface area (Å²) in [6.45, 7) is 24.7. The molecular weight excluding hydrogens is 1820 g/mol. The van der Waals surface area contributed by atoms with E-state index in [1.165, 1.54) is 0 Å². The van der Waals surface area contributed by atoms with Crippen molar-refractivity contribution >= 4 is 150 Å². The van der Waals surface area contributed by atoms with Gasteiger partial charge in [-0.3, -0.25) is 19.2 Å². The van der Waals surface area contributed by atoms with E-state index >= 15 is 19.2 Å². The van der Waals surface area contributed by atoms with Crippen LogP contribution in [0.3, 0.4) is 0 Å². The molecule has 0 atom stereocenters. The van der Waals surface area contributed by atoms with Gasteiger partial charge in [0, 0.05) is 103 Å². The fourth-order valence-electron chi connectivity index (χ4n) is 18.3. The lowest BCUT2D eigenvalue weighted by Gasteiger charge is -2.28. The number of hydrogen-bond donors (Lipinski definition) is 0. The van der Waals surface area contributed by atoms with E-state index in [9.17, 15) is 10.5 Å². The lowest BCUT2D eigenvalue weighted by Crippen LogP contribution is -2.34. The molecule has 16 aromatic carbocycles. The molecule has 4 heterocycles. The van der Waals surface area contributed by atoms with Crippen LogP contribution in [0.25, 0.3) is 32.5 Å². The highest BCUT2D eigenvalue weighted by atomic mass is 32.2. The monoisotopic (exact) mass is 1910 g/mol. The molecule has 700 valence electrons. The number of benzene rings is 16. The van der Waals surface area contributed by atoms with Crippen molar-refractivity contribution in [1.82, 2.24) is 19.6 Å². The Morgan fingerprint density at radius 2 is 0.465 bits per heavy atom. The third kappa shape index (κ3) is 20.5. The van der Waals surface area contributed by atoms with Crippen LogP contribution in [-0.4, -0.2) is 94.1 Å². The van der Waals surface area contributed by atoms with E-state index in [1.54, 1.807) is 57.6 Å². The molecular formula is C124H96N12O6S2. The first-order valence-corrected chi connectivity index (χ1v) is 49.3. The smallest absolute Gasteiger partial charge is 0.261 e. The fourth-order valence-corrected chi connectivity index (χ4v) is 20.0. The van der Waals surface area contributed by atoms with Gasteiger partial charge in [-0.1, -0.05) is 216 Å². The molecule has 20 heteroatoms. The molecule has 0 spiro atoms. The molecule has 0 saturated heterocycles. The summed E-state index contributed by atoms with van der Waals surface area (Å²) in [4.78, 5) is 86.4. The number of fused-ring (bicyclic) bond motifs is 2. The highest BCUT2D eigenvalue weighted by molar-refractivity contribution is 7.99. The minimum atomic E-state index is -0.306. The van der Waals surface area contributed by atoms with E-state index in [2.05, 4.69) is 177 Å². The number of thioether (sulfide) groups is 2. The number of rotatable bonds is 32. The van der Waals surface area contributed by atoms with E-state index < -0.39 is 0 Å². The molecule has 0 saturated carbocycles. The second-order valence-corrected chi connectivity index (χ2v) is 37.1. The first-order valence-electron chi connectivity index (χ1n) is 47.4. The van der Waals surface area contributed by atoms with Crippen LogP contribution in [0.1, 0.15) is 55.6 Å². The van der Waals surface area contributed by atoms with E-state index in [0.29, 0.717) is 115 Å². The first-order chi connectivity index (χ1) is 70.5. The number of nitriles is 2. The van der Waals surface area contributed by atoms with Gasteiger partial charge in [-0.25, -0.2) is 9.69 Å². The van der Waals surface area contributed by atoms with Crippen molar-refractivity contribution in [2.24, 2.45) is 0 Å². The molecule has 0 unspecified atom stereocenters.